The molecule has 0 amide bonds. The minimum Gasteiger partial charge on any atom is -0.466 e. The third kappa shape index (κ3) is 10.9. The van der Waals surface area contributed by atoms with Crippen molar-refractivity contribution in [2.75, 3.05) is 11.9 Å². The largest absolute Gasteiger partial charge is 0.490 e. The average molecular weight is 391 g/mol. The van der Waals surface area contributed by atoms with E-state index < -0.39 is 30.6 Å². The maximum atomic E-state index is 12.1. The normalized spacial score (nSPS) is 13.0. The summed E-state index contributed by atoms with van der Waals surface area (Å²) in [5.41, 5.74) is 0. The zero-order valence-corrected chi connectivity index (χ0v) is 14.3. The summed E-state index contributed by atoms with van der Waals surface area (Å²) >= 11 is 2.90. The van der Waals surface area contributed by atoms with Crippen LogP contribution >= 0.6 is 15.9 Å². The predicted molar refractivity (Wildman–Crippen MR) is 78.6 cm³/mol. The molecule has 0 N–H and O–H groups in total. The summed E-state index contributed by atoms with van der Waals surface area (Å²) in [6.07, 6.45) is -2.88. The van der Waals surface area contributed by atoms with Crippen LogP contribution in [0, 0.1) is 5.92 Å². The van der Waals surface area contributed by atoms with Gasteiger partial charge in [0.1, 0.15) is 6.10 Å². The van der Waals surface area contributed by atoms with Crippen molar-refractivity contribution in [3.8, 4) is 0 Å². The van der Waals surface area contributed by atoms with Crippen molar-refractivity contribution in [3.05, 3.63) is 0 Å². The van der Waals surface area contributed by atoms with Crippen molar-refractivity contribution >= 4 is 27.9 Å². The topological polar surface area (TPSA) is 52.6 Å². The highest BCUT2D eigenvalue weighted by Gasteiger charge is 2.42. The van der Waals surface area contributed by atoms with Crippen molar-refractivity contribution in [2.24, 2.45) is 5.92 Å². The molecule has 0 saturated heterocycles. The molecule has 4 nitrogen and oxygen atoms in total. The van der Waals surface area contributed by atoms with Gasteiger partial charge in [-0.25, -0.2) is 4.79 Å². The van der Waals surface area contributed by atoms with Crippen LogP contribution in [0.3, 0.4) is 0 Å². The van der Waals surface area contributed by atoms with E-state index in [1.54, 1.807) is 0 Å². The fraction of sp³-hybridized carbons (Fsp3) is 0.857. The lowest BCUT2D eigenvalue weighted by atomic mass is 10.1. The van der Waals surface area contributed by atoms with E-state index in [4.69, 9.17) is 4.74 Å². The SMILES string of the molecule is CC(C)CCCCCOC(=O)CC(CBr)OC(=O)C(F)(F)F. The summed E-state index contributed by atoms with van der Waals surface area (Å²) < 4.78 is 45.3. The van der Waals surface area contributed by atoms with Crippen molar-refractivity contribution < 1.29 is 32.2 Å². The summed E-state index contributed by atoms with van der Waals surface area (Å²) in [4.78, 5) is 22.2. The molecular formula is C14H22BrF3O4. The summed E-state index contributed by atoms with van der Waals surface area (Å²) in [7, 11) is 0. The van der Waals surface area contributed by atoms with Gasteiger partial charge in [-0.1, -0.05) is 49.0 Å². The molecule has 0 rings (SSSR count). The Bertz CT molecular complexity index is 345. The van der Waals surface area contributed by atoms with Crippen molar-refractivity contribution in [3.63, 3.8) is 0 Å². The highest BCUT2D eigenvalue weighted by Crippen LogP contribution is 2.19. The molecule has 0 fully saturated rings. The van der Waals surface area contributed by atoms with Gasteiger partial charge < -0.3 is 9.47 Å². The Balaban J connectivity index is 3.90. The first-order valence-electron chi connectivity index (χ1n) is 7.16. The summed E-state index contributed by atoms with van der Waals surface area (Å²) in [6, 6.07) is 0. The molecule has 0 aromatic heterocycles. The average Bonchev–Trinajstić information content (AvgIpc) is 2.40. The number of esters is 2. The summed E-state index contributed by atoms with van der Waals surface area (Å²) in [5.74, 6) is -2.35. The van der Waals surface area contributed by atoms with Crippen LogP contribution in [0.1, 0.15) is 46.0 Å². The minimum atomic E-state index is -5.07. The smallest absolute Gasteiger partial charge is 0.466 e. The van der Waals surface area contributed by atoms with Crippen molar-refractivity contribution in [2.45, 2.75) is 58.2 Å². The van der Waals surface area contributed by atoms with E-state index in [1.807, 2.05) is 0 Å². The molecule has 0 aliphatic heterocycles. The van der Waals surface area contributed by atoms with E-state index in [1.165, 1.54) is 0 Å². The van der Waals surface area contributed by atoms with Crippen LogP contribution in [0.4, 0.5) is 13.2 Å². The Morgan fingerprint density at radius 3 is 2.27 bits per heavy atom. The first-order valence-corrected chi connectivity index (χ1v) is 8.28. The Morgan fingerprint density at radius 2 is 1.77 bits per heavy atom. The maximum absolute atomic E-state index is 12.1. The minimum absolute atomic E-state index is 0.0711. The quantitative estimate of drug-likeness (QED) is 0.321. The summed E-state index contributed by atoms with van der Waals surface area (Å²) in [6.45, 7) is 4.48. The Morgan fingerprint density at radius 1 is 1.14 bits per heavy atom. The van der Waals surface area contributed by atoms with Gasteiger partial charge in [0, 0.05) is 5.33 Å². The molecule has 0 bridgehead atoms. The number of hydrogen-bond acceptors (Lipinski definition) is 4. The molecule has 0 heterocycles. The number of alkyl halides is 4. The van der Waals surface area contributed by atoms with Crippen molar-refractivity contribution in [1.82, 2.24) is 0 Å². The van der Waals surface area contributed by atoms with Crippen LogP contribution in [0.25, 0.3) is 0 Å². The monoisotopic (exact) mass is 390 g/mol. The van der Waals surface area contributed by atoms with Crippen LogP contribution in [-0.2, 0) is 19.1 Å². The highest BCUT2D eigenvalue weighted by atomic mass is 79.9. The van der Waals surface area contributed by atoms with Gasteiger partial charge in [-0.05, 0) is 12.3 Å². The fourth-order valence-corrected chi connectivity index (χ4v) is 1.97. The number of unbranched alkanes of at least 4 members (excludes halogenated alkanes) is 2. The molecule has 0 aromatic rings. The molecule has 0 aliphatic rings. The number of carbonyl (C=O) groups excluding carboxylic acids is 2. The lowest BCUT2D eigenvalue weighted by Crippen LogP contribution is -2.32. The molecule has 22 heavy (non-hydrogen) atoms. The van der Waals surface area contributed by atoms with Crippen LogP contribution < -0.4 is 0 Å². The van der Waals surface area contributed by atoms with Gasteiger partial charge in [0.25, 0.3) is 0 Å². The highest BCUT2D eigenvalue weighted by molar-refractivity contribution is 9.09. The second kappa shape index (κ2) is 10.9. The zero-order valence-electron chi connectivity index (χ0n) is 12.7. The molecule has 0 saturated carbocycles. The van der Waals surface area contributed by atoms with Crippen LogP contribution in [0.2, 0.25) is 0 Å². The number of rotatable bonds is 10. The maximum Gasteiger partial charge on any atom is 0.490 e. The lowest BCUT2D eigenvalue weighted by molar-refractivity contribution is -0.204. The Labute approximate surface area is 136 Å². The van der Waals surface area contributed by atoms with E-state index >= 15 is 0 Å². The van der Waals surface area contributed by atoms with Gasteiger partial charge in [-0.15, -0.1) is 0 Å². The lowest BCUT2D eigenvalue weighted by Gasteiger charge is -2.15. The number of halogens is 4. The first-order chi connectivity index (χ1) is 10.2. The van der Waals surface area contributed by atoms with Gasteiger partial charge in [0.2, 0.25) is 0 Å². The molecule has 8 heteroatoms. The molecule has 130 valence electrons. The van der Waals surface area contributed by atoms with Crippen LogP contribution in [-0.4, -0.2) is 36.2 Å². The van der Waals surface area contributed by atoms with Gasteiger partial charge >= 0.3 is 18.1 Å². The standard InChI is InChI=1S/C14H22BrF3O4/c1-10(2)6-4-3-5-7-21-12(19)8-11(9-15)22-13(20)14(16,17)18/h10-11H,3-9H2,1-2H3. The summed E-state index contributed by atoms with van der Waals surface area (Å²) in [5, 5.41) is -0.0711. The van der Waals surface area contributed by atoms with Gasteiger partial charge in [0.05, 0.1) is 13.0 Å². The van der Waals surface area contributed by atoms with E-state index in [-0.39, 0.29) is 11.9 Å². The third-order valence-corrected chi connectivity index (χ3v) is 3.48. The Kier molecular flexibility index (Phi) is 10.5. The van der Waals surface area contributed by atoms with Crippen molar-refractivity contribution in [1.29, 1.82) is 0 Å². The van der Waals surface area contributed by atoms with E-state index in [0.717, 1.165) is 19.3 Å². The predicted octanol–water partition coefficient (Wildman–Crippen LogP) is 4.01. The fourth-order valence-electron chi connectivity index (χ4n) is 1.61. The molecule has 1 atom stereocenters. The first kappa shape index (κ1) is 21.2. The Hall–Kier alpha value is -0.790. The van der Waals surface area contributed by atoms with E-state index in [0.29, 0.717) is 12.3 Å². The molecular weight excluding hydrogens is 369 g/mol. The second-order valence-electron chi connectivity index (χ2n) is 5.35. The third-order valence-electron chi connectivity index (χ3n) is 2.76. The van der Waals surface area contributed by atoms with E-state index in [9.17, 15) is 22.8 Å². The molecule has 0 spiro atoms. The molecule has 0 aromatic carbocycles. The van der Waals surface area contributed by atoms with E-state index in [2.05, 4.69) is 34.5 Å². The number of ether oxygens (including phenoxy) is 2. The number of hydrogen-bond donors (Lipinski definition) is 0. The molecule has 0 aliphatic carbocycles. The second-order valence-corrected chi connectivity index (χ2v) is 5.99. The van der Waals surface area contributed by atoms with Gasteiger partial charge in [-0.3, -0.25) is 4.79 Å². The zero-order chi connectivity index (χ0) is 17.2. The van der Waals surface area contributed by atoms with Crippen LogP contribution in [0.15, 0.2) is 0 Å². The number of carbonyl (C=O) groups is 2. The molecule has 1 unspecified atom stereocenters. The van der Waals surface area contributed by atoms with Crippen LogP contribution in [0.5, 0.6) is 0 Å². The van der Waals surface area contributed by atoms with Gasteiger partial charge in [0.15, 0.2) is 0 Å². The van der Waals surface area contributed by atoms with Gasteiger partial charge in [-0.2, -0.15) is 13.2 Å². The molecule has 0 radical (unpaired) electrons.